The number of fused-ring (bicyclic) bond motifs is 2. The maximum absolute atomic E-state index is 11.8. The Labute approximate surface area is 165 Å². The van der Waals surface area contributed by atoms with Gasteiger partial charge in [-0.15, -0.1) is 0 Å². The van der Waals surface area contributed by atoms with Gasteiger partial charge in [-0.05, 0) is 11.1 Å². The number of carbonyl (C=O) groups is 1. The lowest BCUT2D eigenvalue weighted by Gasteiger charge is -2.41. The zero-order valence-corrected chi connectivity index (χ0v) is 15.9. The molecule has 0 saturated carbocycles. The summed E-state index contributed by atoms with van der Waals surface area (Å²) < 4.78 is 18.6. The van der Waals surface area contributed by atoms with Crippen LogP contribution in [0, 0.1) is 0 Å². The first-order chi connectivity index (χ1) is 13.7. The Morgan fingerprint density at radius 3 is 2.14 bits per heavy atom. The van der Waals surface area contributed by atoms with Crippen molar-refractivity contribution in [3.63, 3.8) is 0 Å². The van der Waals surface area contributed by atoms with Crippen LogP contribution in [-0.2, 0) is 32.2 Å². The fourth-order valence-corrected chi connectivity index (χ4v) is 3.84. The van der Waals surface area contributed by atoms with Gasteiger partial charge in [-0.2, -0.15) is 0 Å². The maximum Gasteiger partial charge on any atom is 0.217 e. The molecule has 0 spiro atoms. The van der Waals surface area contributed by atoms with Gasteiger partial charge in [-0.25, -0.2) is 0 Å². The van der Waals surface area contributed by atoms with E-state index >= 15 is 0 Å². The summed E-state index contributed by atoms with van der Waals surface area (Å²) in [7, 11) is 0. The van der Waals surface area contributed by atoms with E-state index in [-0.39, 0.29) is 36.5 Å². The first-order valence-electron chi connectivity index (χ1n) is 9.68. The molecule has 1 amide bonds. The van der Waals surface area contributed by atoms with Crippen molar-refractivity contribution in [2.24, 2.45) is 0 Å². The lowest BCUT2D eigenvalue weighted by atomic mass is 9.97. The average molecular weight is 382 g/mol. The predicted octanol–water partition coefficient (Wildman–Crippen LogP) is 1.99. The molecule has 2 fully saturated rings. The SMILES string of the molecule is CC(=O)N[C@H]1[C@@H](OCc2ccccc2)[C@H](OCc2ccccc2)[C@H]2CN[C@@H]1O2. The fourth-order valence-electron chi connectivity index (χ4n) is 3.84. The van der Waals surface area contributed by atoms with Crippen molar-refractivity contribution in [2.45, 2.75) is 50.7 Å². The van der Waals surface area contributed by atoms with Crippen LogP contribution in [0.3, 0.4) is 0 Å². The van der Waals surface area contributed by atoms with E-state index in [0.29, 0.717) is 19.8 Å². The van der Waals surface area contributed by atoms with E-state index in [4.69, 9.17) is 14.2 Å². The van der Waals surface area contributed by atoms with Crippen LogP contribution in [0.2, 0.25) is 0 Å². The second kappa shape index (κ2) is 8.84. The molecule has 2 heterocycles. The van der Waals surface area contributed by atoms with Gasteiger partial charge in [0.15, 0.2) is 0 Å². The first kappa shape index (κ1) is 19.1. The quantitative estimate of drug-likeness (QED) is 0.767. The summed E-state index contributed by atoms with van der Waals surface area (Å²) >= 11 is 0. The number of hydrogen-bond donors (Lipinski definition) is 2. The summed E-state index contributed by atoms with van der Waals surface area (Å²) in [4.78, 5) is 11.8. The van der Waals surface area contributed by atoms with Crippen LogP contribution in [0.25, 0.3) is 0 Å². The van der Waals surface area contributed by atoms with Crippen LogP contribution in [-0.4, -0.2) is 43.0 Å². The molecule has 2 N–H and O–H groups in total. The molecule has 5 atom stereocenters. The van der Waals surface area contributed by atoms with E-state index < -0.39 is 0 Å². The van der Waals surface area contributed by atoms with Crippen molar-refractivity contribution >= 4 is 5.91 Å². The lowest BCUT2D eigenvalue weighted by molar-refractivity contribution is -0.198. The Balaban J connectivity index is 1.51. The van der Waals surface area contributed by atoms with E-state index in [2.05, 4.69) is 10.6 Å². The molecule has 0 unspecified atom stereocenters. The van der Waals surface area contributed by atoms with Crippen LogP contribution >= 0.6 is 0 Å². The Kier molecular flexibility index (Phi) is 6.02. The van der Waals surface area contributed by atoms with Crippen LogP contribution in [0.5, 0.6) is 0 Å². The van der Waals surface area contributed by atoms with E-state index in [0.717, 1.165) is 11.1 Å². The second-order valence-corrected chi connectivity index (χ2v) is 7.25. The summed E-state index contributed by atoms with van der Waals surface area (Å²) in [5.41, 5.74) is 2.17. The topological polar surface area (TPSA) is 68.8 Å². The van der Waals surface area contributed by atoms with Gasteiger partial charge in [0, 0.05) is 13.5 Å². The third-order valence-electron chi connectivity index (χ3n) is 5.15. The lowest BCUT2D eigenvalue weighted by Crippen LogP contribution is -2.62. The molecule has 2 aromatic carbocycles. The summed E-state index contributed by atoms with van der Waals surface area (Å²) in [5, 5.41) is 6.33. The van der Waals surface area contributed by atoms with Crippen molar-refractivity contribution < 1.29 is 19.0 Å². The summed E-state index contributed by atoms with van der Waals surface area (Å²) in [6, 6.07) is 19.7. The fraction of sp³-hybridized carbons (Fsp3) is 0.409. The minimum Gasteiger partial charge on any atom is -0.368 e. The molecule has 2 bridgehead atoms. The van der Waals surface area contributed by atoms with Crippen molar-refractivity contribution in [1.82, 2.24) is 10.6 Å². The molecular formula is C22H26N2O4. The molecule has 2 aliphatic rings. The molecule has 4 rings (SSSR count). The Morgan fingerprint density at radius 1 is 1.00 bits per heavy atom. The highest BCUT2D eigenvalue weighted by atomic mass is 16.6. The van der Waals surface area contributed by atoms with Gasteiger partial charge in [0.1, 0.15) is 24.5 Å². The molecule has 2 aromatic rings. The highest BCUT2D eigenvalue weighted by molar-refractivity contribution is 5.73. The largest absolute Gasteiger partial charge is 0.368 e. The van der Waals surface area contributed by atoms with Gasteiger partial charge in [0.05, 0.1) is 19.3 Å². The minimum absolute atomic E-state index is 0.112. The Bertz CT molecular complexity index is 771. The van der Waals surface area contributed by atoms with Crippen molar-refractivity contribution in [3.8, 4) is 0 Å². The van der Waals surface area contributed by atoms with Gasteiger partial charge in [-0.1, -0.05) is 60.7 Å². The van der Waals surface area contributed by atoms with E-state index in [9.17, 15) is 4.79 Å². The summed E-state index contributed by atoms with van der Waals surface area (Å²) in [6.07, 6.45) is -0.982. The molecule has 0 radical (unpaired) electrons. The minimum atomic E-state index is -0.319. The molecule has 2 aliphatic heterocycles. The number of carbonyl (C=O) groups excluding carboxylic acids is 1. The molecule has 2 saturated heterocycles. The molecule has 0 aliphatic carbocycles. The highest BCUT2D eigenvalue weighted by Gasteiger charge is 2.51. The van der Waals surface area contributed by atoms with Gasteiger partial charge in [0.2, 0.25) is 5.91 Å². The standard InChI is InChI=1S/C22H26N2O4/c1-15(25)24-19-21(27-14-17-10-6-3-7-11-17)20(18-12-23-22(19)28-18)26-13-16-8-4-2-5-9-16/h2-11,18-23H,12-14H2,1H3,(H,24,25)/t18-,19+,20-,21-,22-/m1/s1. The van der Waals surface area contributed by atoms with Crippen LogP contribution in [0.15, 0.2) is 60.7 Å². The number of amides is 1. The Hall–Kier alpha value is -2.25. The average Bonchev–Trinajstić information content (AvgIpc) is 3.15. The van der Waals surface area contributed by atoms with E-state index in [1.165, 1.54) is 6.92 Å². The van der Waals surface area contributed by atoms with E-state index in [1.807, 2.05) is 60.7 Å². The molecule has 148 valence electrons. The van der Waals surface area contributed by atoms with Crippen molar-refractivity contribution in [1.29, 1.82) is 0 Å². The monoisotopic (exact) mass is 382 g/mol. The van der Waals surface area contributed by atoms with Crippen LogP contribution in [0.1, 0.15) is 18.1 Å². The molecular weight excluding hydrogens is 356 g/mol. The Morgan fingerprint density at radius 2 is 1.57 bits per heavy atom. The zero-order chi connectivity index (χ0) is 19.3. The second-order valence-electron chi connectivity index (χ2n) is 7.25. The number of rotatable bonds is 7. The highest BCUT2D eigenvalue weighted by Crippen LogP contribution is 2.30. The van der Waals surface area contributed by atoms with Gasteiger partial charge >= 0.3 is 0 Å². The normalized spacial score (nSPS) is 28.8. The smallest absolute Gasteiger partial charge is 0.217 e. The molecule has 6 nitrogen and oxygen atoms in total. The maximum atomic E-state index is 11.8. The third kappa shape index (κ3) is 4.42. The number of hydrogen-bond acceptors (Lipinski definition) is 5. The van der Waals surface area contributed by atoms with E-state index in [1.54, 1.807) is 0 Å². The van der Waals surface area contributed by atoms with Crippen molar-refractivity contribution in [3.05, 3.63) is 71.8 Å². The molecule has 0 aromatic heterocycles. The molecule has 6 heteroatoms. The van der Waals surface area contributed by atoms with Crippen LogP contribution in [0.4, 0.5) is 0 Å². The first-order valence-corrected chi connectivity index (χ1v) is 9.68. The van der Waals surface area contributed by atoms with Crippen LogP contribution < -0.4 is 10.6 Å². The van der Waals surface area contributed by atoms with Gasteiger partial charge in [-0.3, -0.25) is 10.1 Å². The number of ether oxygens (including phenoxy) is 3. The summed E-state index contributed by atoms with van der Waals surface area (Å²) in [6.45, 7) is 3.10. The number of benzene rings is 2. The van der Waals surface area contributed by atoms with Gasteiger partial charge < -0.3 is 19.5 Å². The zero-order valence-electron chi connectivity index (χ0n) is 15.9. The third-order valence-corrected chi connectivity index (χ3v) is 5.15. The summed E-state index contributed by atoms with van der Waals surface area (Å²) in [5.74, 6) is -0.115. The predicted molar refractivity (Wildman–Crippen MR) is 104 cm³/mol. The van der Waals surface area contributed by atoms with Crippen molar-refractivity contribution in [2.75, 3.05) is 6.54 Å². The molecule has 28 heavy (non-hydrogen) atoms. The van der Waals surface area contributed by atoms with Gasteiger partial charge in [0.25, 0.3) is 0 Å². The number of nitrogens with one attached hydrogen (secondary N) is 2.